The van der Waals surface area contributed by atoms with Crippen molar-refractivity contribution in [2.24, 2.45) is 22.4 Å². The predicted octanol–water partition coefficient (Wildman–Crippen LogP) is 4.27. The van der Waals surface area contributed by atoms with Crippen molar-refractivity contribution in [1.82, 2.24) is 5.43 Å². The number of fused-ring (bicyclic) bond motifs is 1. The van der Waals surface area contributed by atoms with Crippen LogP contribution in [-0.2, 0) is 4.79 Å². The minimum absolute atomic E-state index is 0.0331. The molecule has 1 N–H and O–H groups in total. The van der Waals surface area contributed by atoms with E-state index in [0.717, 1.165) is 12.0 Å². The van der Waals surface area contributed by atoms with Crippen LogP contribution in [0.1, 0.15) is 38.2 Å². The molecule has 3 atom stereocenters. The summed E-state index contributed by atoms with van der Waals surface area (Å²) in [7, 11) is 0. The summed E-state index contributed by atoms with van der Waals surface area (Å²) in [6.07, 6.45) is 6.36. The highest BCUT2D eigenvalue weighted by Gasteiger charge is 2.64. The number of carbonyl (C=O) groups is 1. The maximum Gasteiger partial charge on any atom is 0.244 e. The molecule has 112 valence electrons. The highest BCUT2D eigenvalue weighted by molar-refractivity contribution is 6.36. The van der Waals surface area contributed by atoms with E-state index in [1.807, 2.05) is 0 Å². The smallest absolute Gasteiger partial charge is 0.244 e. The van der Waals surface area contributed by atoms with Crippen LogP contribution in [0, 0.1) is 17.3 Å². The van der Waals surface area contributed by atoms with Crippen LogP contribution in [0.25, 0.3) is 0 Å². The fraction of sp³-hybridized carbons (Fsp3) is 0.500. The van der Waals surface area contributed by atoms with E-state index in [4.69, 9.17) is 23.2 Å². The molecule has 1 amide bonds. The molecule has 3 nitrogen and oxygen atoms in total. The molecule has 0 spiro atoms. The van der Waals surface area contributed by atoms with Gasteiger partial charge in [0.1, 0.15) is 0 Å². The maximum atomic E-state index is 12.2. The molecule has 5 heteroatoms. The van der Waals surface area contributed by atoms with Crippen LogP contribution < -0.4 is 5.43 Å². The minimum Gasteiger partial charge on any atom is -0.273 e. The van der Waals surface area contributed by atoms with Gasteiger partial charge in [0.15, 0.2) is 0 Å². The van der Waals surface area contributed by atoms with E-state index in [1.54, 1.807) is 24.4 Å². The lowest BCUT2D eigenvalue weighted by atomic mass is 9.90. The van der Waals surface area contributed by atoms with E-state index in [-0.39, 0.29) is 17.2 Å². The van der Waals surface area contributed by atoms with Gasteiger partial charge in [-0.25, -0.2) is 5.43 Å². The summed E-state index contributed by atoms with van der Waals surface area (Å²) in [5.41, 5.74) is 3.60. The first kappa shape index (κ1) is 14.9. The summed E-state index contributed by atoms with van der Waals surface area (Å²) >= 11 is 11.9. The van der Waals surface area contributed by atoms with Gasteiger partial charge in [0.2, 0.25) is 5.91 Å². The van der Waals surface area contributed by atoms with Crippen LogP contribution >= 0.6 is 23.2 Å². The second kappa shape index (κ2) is 5.62. The number of hydrogen-bond acceptors (Lipinski definition) is 2. The van der Waals surface area contributed by atoms with E-state index in [9.17, 15) is 4.79 Å². The Kier molecular flexibility index (Phi) is 3.98. The molecular formula is C16H18Cl2N2O. The van der Waals surface area contributed by atoms with Crippen molar-refractivity contribution < 1.29 is 4.79 Å². The lowest BCUT2D eigenvalue weighted by Crippen LogP contribution is -2.22. The number of carbonyl (C=O) groups excluding carboxylic acids is 1. The van der Waals surface area contributed by atoms with Gasteiger partial charge in [0.25, 0.3) is 0 Å². The lowest BCUT2D eigenvalue weighted by molar-refractivity contribution is -0.123. The number of nitrogens with zero attached hydrogens (tertiary/aromatic N) is 1. The third-order valence-corrected chi connectivity index (χ3v) is 5.52. The third-order valence-electron chi connectivity index (χ3n) is 4.95. The van der Waals surface area contributed by atoms with Crippen molar-refractivity contribution in [1.29, 1.82) is 0 Å². The van der Waals surface area contributed by atoms with Gasteiger partial charge >= 0.3 is 0 Å². The van der Waals surface area contributed by atoms with Crippen LogP contribution in [0.15, 0.2) is 23.3 Å². The zero-order valence-electron chi connectivity index (χ0n) is 11.9. The molecule has 0 radical (unpaired) electrons. The number of halogens is 2. The summed E-state index contributed by atoms with van der Waals surface area (Å²) in [4.78, 5) is 12.2. The maximum absolute atomic E-state index is 12.2. The Bertz CT molecular complexity index is 602. The Hall–Kier alpha value is -1.06. The average Bonchev–Trinajstić information content (AvgIpc) is 3.07. The molecule has 0 saturated heterocycles. The zero-order valence-corrected chi connectivity index (χ0v) is 13.4. The molecule has 1 aromatic carbocycles. The second-order valence-corrected chi connectivity index (χ2v) is 7.08. The van der Waals surface area contributed by atoms with Crippen LogP contribution in [0.3, 0.4) is 0 Å². The van der Waals surface area contributed by atoms with Gasteiger partial charge in [0, 0.05) is 16.5 Å². The van der Waals surface area contributed by atoms with Gasteiger partial charge < -0.3 is 0 Å². The van der Waals surface area contributed by atoms with Crippen molar-refractivity contribution in [3.63, 3.8) is 0 Å². The van der Waals surface area contributed by atoms with E-state index in [0.29, 0.717) is 16.0 Å². The number of benzene rings is 1. The molecule has 2 aliphatic rings. The SMILES string of the molecule is C[C@@]12CCCC[C@@H]1[C@H]2C(=O)N/N=C\c1ccc(Cl)cc1Cl. The summed E-state index contributed by atoms with van der Waals surface area (Å²) in [6.45, 7) is 2.22. The van der Waals surface area contributed by atoms with Gasteiger partial charge in [-0.05, 0) is 36.3 Å². The van der Waals surface area contributed by atoms with Crippen molar-refractivity contribution in [3.8, 4) is 0 Å². The van der Waals surface area contributed by atoms with Crippen LogP contribution in [0.2, 0.25) is 10.0 Å². The van der Waals surface area contributed by atoms with Gasteiger partial charge in [-0.1, -0.05) is 49.0 Å². The number of hydrazone groups is 1. The summed E-state index contributed by atoms with van der Waals surface area (Å²) in [5, 5.41) is 5.13. The molecule has 3 rings (SSSR count). The fourth-order valence-corrected chi connectivity index (χ4v) is 4.15. The van der Waals surface area contributed by atoms with E-state index in [2.05, 4.69) is 17.5 Å². The first-order valence-electron chi connectivity index (χ1n) is 7.30. The summed E-state index contributed by atoms with van der Waals surface area (Å²) in [5.74, 6) is 0.698. The van der Waals surface area contributed by atoms with Crippen molar-refractivity contribution in [3.05, 3.63) is 33.8 Å². The average molecular weight is 325 g/mol. The summed E-state index contributed by atoms with van der Waals surface area (Å²) < 4.78 is 0. The molecule has 2 saturated carbocycles. The fourth-order valence-electron chi connectivity index (χ4n) is 3.69. The molecule has 21 heavy (non-hydrogen) atoms. The Morgan fingerprint density at radius 2 is 2.24 bits per heavy atom. The molecule has 0 aliphatic heterocycles. The van der Waals surface area contributed by atoms with Crippen LogP contribution in [0.4, 0.5) is 0 Å². The lowest BCUT2D eigenvalue weighted by Gasteiger charge is -2.15. The van der Waals surface area contributed by atoms with Crippen molar-refractivity contribution in [2.45, 2.75) is 32.6 Å². The highest BCUT2D eigenvalue weighted by atomic mass is 35.5. The highest BCUT2D eigenvalue weighted by Crippen LogP contribution is 2.66. The van der Waals surface area contributed by atoms with E-state index in [1.165, 1.54) is 19.3 Å². The molecular weight excluding hydrogens is 307 g/mol. The van der Waals surface area contributed by atoms with Gasteiger partial charge in [-0.15, -0.1) is 0 Å². The largest absolute Gasteiger partial charge is 0.273 e. The van der Waals surface area contributed by atoms with Crippen LogP contribution in [-0.4, -0.2) is 12.1 Å². The number of amides is 1. The van der Waals surface area contributed by atoms with Crippen molar-refractivity contribution >= 4 is 35.3 Å². The predicted molar refractivity (Wildman–Crippen MR) is 85.8 cm³/mol. The standard InChI is InChI=1S/C16H18Cl2N2O/c1-16-7-3-2-4-12(16)14(16)15(21)20-19-9-10-5-6-11(17)8-13(10)18/h5-6,8-9,12,14H,2-4,7H2,1H3,(H,20,21)/b19-9-/t12-,14+,16-/m1/s1. The third kappa shape index (κ3) is 2.82. The monoisotopic (exact) mass is 324 g/mol. The minimum atomic E-state index is 0.0331. The molecule has 0 bridgehead atoms. The quantitative estimate of drug-likeness (QED) is 0.654. The second-order valence-electron chi connectivity index (χ2n) is 6.24. The Balaban J connectivity index is 1.60. The normalized spacial score (nSPS) is 31.0. The van der Waals surface area contributed by atoms with Gasteiger partial charge in [0.05, 0.1) is 11.2 Å². The molecule has 0 aromatic heterocycles. The topological polar surface area (TPSA) is 41.5 Å². The summed E-state index contributed by atoms with van der Waals surface area (Å²) in [6, 6.07) is 5.18. The van der Waals surface area contributed by atoms with E-state index >= 15 is 0 Å². The number of rotatable bonds is 3. The van der Waals surface area contributed by atoms with Gasteiger partial charge in [-0.3, -0.25) is 4.79 Å². The first-order valence-corrected chi connectivity index (χ1v) is 8.06. The molecule has 2 fully saturated rings. The van der Waals surface area contributed by atoms with Crippen LogP contribution in [0.5, 0.6) is 0 Å². The zero-order chi connectivity index (χ0) is 15.0. The number of nitrogens with one attached hydrogen (secondary N) is 1. The Morgan fingerprint density at radius 1 is 1.43 bits per heavy atom. The first-order chi connectivity index (χ1) is 10.0. The van der Waals surface area contributed by atoms with E-state index < -0.39 is 0 Å². The molecule has 0 unspecified atom stereocenters. The number of hydrogen-bond donors (Lipinski definition) is 1. The Labute approximate surface area is 134 Å². The molecule has 2 aliphatic carbocycles. The van der Waals surface area contributed by atoms with Gasteiger partial charge in [-0.2, -0.15) is 5.10 Å². The molecule has 0 heterocycles. The Morgan fingerprint density at radius 3 is 2.90 bits per heavy atom. The molecule has 1 aromatic rings. The van der Waals surface area contributed by atoms with Crippen molar-refractivity contribution in [2.75, 3.05) is 0 Å².